The standard InChI is InChI=1S/C18H29NOS/c1-3-13-19-18(14-21-17-7-5-4-6-8-17)15-9-11-16(20-2)12-10-15/h9-12,17-19H,3-8,13-14H2,1-2H3. The molecule has 1 aromatic rings. The maximum atomic E-state index is 5.26. The minimum Gasteiger partial charge on any atom is -0.497 e. The second-order valence-electron chi connectivity index (χ2n) is 5.87. The number of hydrogen-bond donors (Lipinski definition) is 1. The van der Waals surface area contributed by atoms with E-state index in [2.05, 4.69) is 48.3 Å². The van der Waals surface area contributed by atoms with Gasteiger partial charge in [0, 0.05) is 17.0 Å². The van der Waals surface area contributed by atoms with Crippen LogP contribution >= 0.6 is 11.8 Å². The van der Waals surface area contributed by atoms with Crippen molar-refractivity contribution in [3.05, 3.63) is 29.8 Å². The number of nitrogens with one attached hydrogen (secondary N) is 1. The summed E-state index contributed by atoms with van der Waals surface area (Å²) in [6.07, 6.45) is 8.29. The van der Waals surface area contributed by atoms with Gasteiger partial charge in [0.25, 0.3) is 0 Å². The summed E-state index contributed by atoms with van der Waals surface area (Å²) in [6.45, 7) is 3.31. The normalized spacial score (nSPS) is 17.6. The molecule has 3 heteroatoms. The molecule has 0 radical (unpaired) electrons. The Hall–Kier alpha value is -0.670. The SMILES string of the molecule is CCCNC(CSC1CCCCC1)c1ccc(OC)cc1. The van der Waals surface area contributed by atoms with Crippen molar-refractivity contribution >= 4 is 11.8 Å². The van der Waals surface area contributed by atoms with E-state index >= 15 is 0 Å². The zero-order valence-electron chi connectivity index (χ0n) is 13.4. The number of ether oxygens (including phenoxy) is 1. The average Bonchev–Trinajstić information content (AvgIpc) is 2.56. The number of thioether (sulfide) groups is 1. The number of benzene rings is 1. The van der Waals surface area contributed by atoms with E-state index in [1.165, 1.54) is 49.8 Å². The van der Waals surface area contributed by atoms with Crippen LogP contribution < -0.4 is 10.1 Å². The summed E-state index contributed by atoms with van der Waals surface area (Å²) >= 11 is 2.17. The maximum absolute atomic E-state index is 5.26. The van der Waals surface area contributed by atoms with Gasteiger partial charge in [-0.05, 0) is 43.5 Å². The molecular weight excluding hydrogens is 278 g/mol. The molecule has 1 aromatic carbocycles. The molecule has 0 aliphatic heterocycles. The van der Waals surface area contributed by atoms with Crippen LogP contribution in [-0.4, -0.2) is 24.7 Å². The van der Waals surface area contributed by atoms with Crippen LogP contribution in [0, 0.1) is 0 Å². The first-order valence-electron chi connectivity index (χ1n) is 8.32. The van der Waals surface area contributed by atoms with Gasteiger partial charge in [-0.15, -0.1) is 0 Å². The first-order valence-corrected chi connectivity index (χ1v) is 9.37. The zero-order valence-corrected chi connectivity index (χ0v) is 14.3. The number of rotatable bonds is 8. The molecule has 0 spiro atoms. The molecule has 0 amide bonds. The van der Waals surface area contributed by atoms with Crippen LogP contribution in [0.1, 0.15) is 57.1 Å². The van der Waals surface area contributed by atoms with Gasteiger partial charge in [0.05, 0.1) is 7.11 Å². The molecule has 0 aromatic heterocycles. The third kappa shape index (κ3) is 5.55. The fourth-order valence-electron chi connectivity index (χ4n) is 2.89. The second-order valence-corrected chi connectivity index (χ2v) is 7.21. The van der Waals surface area contributed by atoms with Crippen molar-refractivity contribution in [2.24, 2.45) is 0 Å². The minimum atomic E-state index is 0.461. The fourth-order valence-corrected chi connectivity index (χ4v) is 4.33. The topological polar surface area (TPSA) is 21.3 Å². The quantitative estimate of drug-likeness (QED) is 0.745. The van der Waals surface area contributed by atoms with E-state index in [0.717, 1.165) is 17.5 Å². The average molecular weight is 308 g/mol. The highest BCUT2D eigenvalue weighted by atomic mass is 32.2. The molecule has 0 saturated heterocycles. The summed E-state index contributed by atoms with van der Waals surface area (Å²) in [5, 5.41) is 4.58. The van der Waals surface area contributed by atoms with Crippen LogP contribution in [0.2, 0.25) is 0 Å². The summed E-state index contributed by atoms with van der Waals surface area (Å²) in [7, 11) is 1.72. The monoisotopic (exact) mass is 307 g/mol. The lowest BCUT2D eigenvalue weighted by Crippen LogP contribution is -2.25. The third-order valence-corrected chi connectivity index (χ3v) is 5.68. The minimum absolute atomic E-state index is 0.461. The first kappa shape index (κ1) is 16.7. The molecule has 1 aliphatic carbocycles. The lowest BCUT2D eigenvalue weighted by molar-refractivity contribution is 0.414. The Bertz CT molecular complexity index is 387. The molecule has 2 nitrogen and oxygen atoms in total. The van der Waals surface area contributed by atoms with E-state index in [0.29, 0.717) is 6.04 Å². The molecule has 0 heterocycles. The number of hydrogen-bond acceptors (Lipinski definition) is 3. The highest BCUT2D eigenvalue weighted by Crippen LogP contribution is 2.31. The third-order valence-electron chi connectivity index (χ3n) is 4.21. The van der Waals surface area contributed by atoms with E-state index < -0.39 is 0 Å². The first-order chi connectivity index (χ1) is 10.3. The molecular formula is C18H29NOS. The van der Waals surface area contributed by atoms with Gasteiger partial charge in [-0.25, -0.2) is 0 Å². The molecule has 2 rings (SSSR count). The van der Waals surface area contributed by atoms with Crippen molar-refractivity contribution in [1.82, 2.24) is 5.32 Å². The summed E-state index contributed by atoms with van der Waals surface area (Å²) in [6, 6.07) is 9.01. The Kier molecular flexibility index (Phi) is 7.45. The van der Waals surface area contributed by atoms with Gasteiger partial charge in [-0.3, -0.25) is 0 Å². The Balaban J connectivity index is 1.91. The van der Waals surface area contributed by atoms with Gasteiger partial charge in [0.15, 0.2) is 0 Å². The summed E-state index contributed by atoms with van der Waals surface area (Å²) < 4.78 is 5.26. The molecule has 1 aliphatic rings. The molecule has 0 bridgehead atoms. The van der Waals surface area contributed by atoms with Gasteiger partial charge in [0.2, 0.25) is 0 Å². The van der Waals surface area contributed by atoms with Crippen molar-refractivity contribution < 1.29 is 4.74 Å². The summed E-state index contributed by atoms with van der Waals surface area (Å²) in [5.41, 5.74) is 1.38. The van der Waals surface area contributed by atoms with E-state index in [1.54, 1.807) is 7.11 Å². The number of methoxy groups -OCH3 is 1. The van der Waals surface area contributed by atoms with Gasteiger partial charge >= 0.3 is 0 Å². The van der Waals surface area contributed by atoms with Crippen LogP contribution in [0.4, 0.5) is 0 Å². The predicted octanol–water partition coefficient (Wildman–Crippen LogP) is 4.80. The van der Waals surface area contributed by atoms with Crippen molar-refractivity contribution in [3.8, 4) is 5.75 Å². The van der Waals surface area contributed by atoms with E-state index in [9.17, 15) is 0 Å². The Morgan fingerprint density at radius 3 is 2.52 bits per heavy atom. The summed E-state index contributed by atoms with van der Waals surface area (Å²) in [5.74, 6) is 2.12. The molecule has 1 unspecified atom stereocenters. The van der Waals surface area contributed by atoms with Crippen molar-refractivity contribution in [2.45, 2.75) is 56.7 Å². The van der Waals surface area contributed by atoms with E-state index in [1.807, 2.05) is 0 Å². The van der Waals surface area contributed by atoms with Crippen molar-refractivity contribution in [1.29, 1.82) is 0 Å². The van der Waals surface area contributed by atoms with Gasteiger partial charge < -0.3 is 10.1 Å². The molecule has 1 N–H and O–H groups in total. The second kappa shape index (κ2) is 9.37. The van der Waals surface area contributed by atoms with E-state index in [-0.39, 0.29) is 0 Å². The van der Waals surface area contributed by atoms with Crippen molar-refractivity contribution in [3.63, 3.8) is 0 Å². The zero-order chi connectivity index (χ0) is 14.9. The Labute approximate surface area is 134 Å². The van der Waals surface area contributed by atoms with Crippen molar-refractivity contribution in [2.75, 3.05) is 19.4 Å². The smallest absolute Gasteiger partial charge is 0.118 e. The lowest BCUT2D eigenvalue weighted by atomic mass is 10.0. The Morgan fingerprint density at radius 2 is 1.90 bits per heavy atom. The van der Waals surface area contributed by atoms with Gasteiger partial charge in [-0.1, -0.05) is 38.3 Å². The molecule has 1 fully saturated rings. The molecule has 1 atom stereocenters. The van der Waals surface area contributed by atoms with E-state index in [4.69, 9.17) is 4.74 Å². The lowest BCUT2D eigenvalue weighted by Gasteiger charge is -2.25. The van der Waals surface area contributed by atoms with Crippen LogP contribution in [-0.2, 0) is 0 Å². The summed E-state index contributed by atoms with van der Waals surface area (Å²) in [4.78, 5) is 0. The Morgan fingerprint density at radius 1 is 1.19 bits per heavy atom. The molecule has 118 valence electrons. The van der Waals surface area contributed by atoms with Crippen LogP contribution in [0.15, 0.2) is 24.3 Å². The van der Waals surface area contributed by atoms with Crippen LogP contribution in [0.5, 0.6) is 5.75 Å². The largest absolute Gasteiger partial charge is 0.497 e. The van der Waals surface area contributed by atoms with Gasteiger partial charge in [0.1, 0.15) is 5.75 Å². The van der Waals surface area contributed by atoms with Crippen LogP contribution in [0.25, 0.3) is 0 Å². The highest BCUT2D eigenvalue weighted by molar-refractivity contribution is 7.99. The highest BCUT2D eigenvalue weighted by Gasteiger charge is 2.17. The maximum Gasteiger partial charge on any atom is 0.118 e. The molecule has 21 heavy (non-hydrogen) atoms. The van der Waals surface area contributed by atoms with Gasteiger partial charge in [-0.2, -0.15) is 11.8 Å². The predicted molar refractivity (Wildman–Crippen MR) is 93.4 cm³/mol. The fraction of sp³-hybridized carbons (Fsp3) is 0.667. The molecule has 1 saturated carbocycles. The van der Waals surface area contributed by atoms with Crippen LogP contribution in [0.3, 0.4) is 0 Å².